The maximum atomic E-state index is 13.6. The van der Waals surface area contributed by atoms with Crippen LogP contribution in [0, 0.1) is 17.5 Å². The van der Waals surface area contributed by atoms with Crippen LogP contribution in [0.1, 0.15) is 18.7 Å². The molecule has 3 rings (SSSR count). The molecule has 3 aromatic rings. The lowest BCUT2D eigenvalue weighted by Gasteiger charge is -2.08. The van der Waals surface area contributed by atoms with E-state index in [0.29, 0.717) is 36.4 Å². The number of ether oxygens (including phenoxy) is 1. The molecule has 0 radical (unpaired) electrons. The second kappa shape index (κ2) is 10.4. The first-order valence-corrected chi connectivity index (χ1v) is 9.54. The zero-order valence-electron chi connectivity index (χ0n) is 17.0. The maximum absolute atomic E-state index is 13.6. The number of benzene rings is 2. The summed E-state index contributed by atoms with van der Waals surface area (Å²) in [5, 5.41) is 8.32. The quantitative estimate of drug-likeness (QED) is 0.487. The van der Waals surface area contributed by atoms with Gasteiger partial charge in [-0.3, -0.25) is 9.59 Å². The van der Waals surface area contributed by atoms with Crippen molar-refractivity contribution in [3.05, 3.63) is 59.7 Å². The molecule has 0 saturated carbocycles. The summed E-state index contributed by atoms with van der Waals surface area (Å²) in [6, 6.07) is 8.69. The van der Waals surface area contributed by atoms with Crippen molar-refractivity contribution >= 4 is 17.5 Å². The first-order chi connectivity index (χ1) is 15.4. The third-order valence-electron chi connectivity index (χ3n) is 4.37. The molecule has 0 aliphatic rings. The van der Waals surface area contributed by atoms with E-state index in [9.17, 15) is 22.8 Å². The Morgan fingerprint density at radius 2 is 1.78 bits per heavy atom. The fraction of sp³-hybridized carbons (Fsp3) is 0.238. The zero-order valence-corrected chi connectivity index (χ0v) is 17.0. The van der Waals surface area contributed by atoms with Gasteiger partial charge in [0.1, 0.15) is 5.75 Å². The highest BCUT2D eigenvalue weighted by Gasteiger charge is 2.16. The van der Waals surface area contributed by atoms with Crippen molar-refractivity contribution in [3.8, 4) is 17.1 Å². The molecule has 0 aliphatic carbocycles. The van der Waals surface area contributed by atoms with Crippen LogP contribution in [-0.2, 0) is 16.0 Å². The number of amides is 2. The lowest BCUT2D eigenvalue weighted by Crippen LogP contribution is -2.33. The first kappa shape index (κ1) is 22.8. The normalized spacial score (nSPS) is 10.6. The number of carbonyl (C=O) groups is 2. The van der Waals surface area contributed by atoms with Gasteiger partial charge in [0.15, 0.2) is 17.5 Å². The average molecular weight is 448 g/mol. The number of anilines is 1. The molecule has 0 saturated heterocycles. The van der Waals surface area contributed by atoms with Gasteiger partial charge in [0.25, 0.3) is 0 Å². The molecule has 2 N–H and O–H groups in total. The summed E-state index contributed by atoms with van der Waals surface area (Å²) < 4.78 is 49.9. The topological polar surface area (TPSA) is 106 Å². The number of rotatable bonds is 9. The van der Waals surface area contributed by atoms with Gasteiger partial charge >= 0.3 is 0 Å². The molecule has 32 heavy (non-hydrogen) atoms. The van der Waals surface area contributed by atoms with Gasteiger partial charge in [-0.1, -0.05) is 5.16 Å². The van der Waals surface area contributed by atoms with Crippen molar-refractivity contribution in [2.24, 2.45) is 0 Å². The molecular formula is C21H19F3N4O4. The Morgan fingerprint density at radius 1 is 1.03 bits per heavy atom. The minimum Gasteiger partial charge on any atom is -0.497 e. The van der Waals surface area contributed by atoms with Gasteiger partial charge in [0, 0.05) is 18.4 Å². The Hall–Kier alpha value is -3.89. The lowest BCUT2D eigenvalue weighted by molar-refractivity contribution is -0.124. The molecular weight excluding hydrogens is 429 g/mol. The highest BCUT2D eigenvalue weighted by Crippen LogP contribution is 2.21. The molecule has 0 fully saturated rings. The third kappa shape index (κ3) is 5.84. The van der Waals surface area contributed by atoms with Gasteiger partial charge in [-0.15, -0.1) is 0 Å². The Kier molecular flexibility index (Phi) is 7.42. The van der Waals surface area contributed by atoms with E-state index in [2.05, 4.69) is 20.8 Å². The van der Waals surface area contributed by atoms with Crippen molar-refractivity contribution in [1.29, 1.82) is 0 Å². The second-order valence-corrected chi connectivity index (χ2v) is 6.64. The zero-order chi connectivity index (χ0) is 23.1. The predicted molar refractivity (Wildman–Crippen MR) is 107 cm³/mol. The molecule has 0 atom stereocenters. The van der Waals surface area contributed by atoms with Gasteiger partial charge in [-0.2, -0.15) is 4.98 Å². The van der Waals surface area contributed by atoms with Gasteiger partial charge < -0.3 is 19.9 Å². The Bertz CT molecular complexity index is 1100. The van der Waals surface area contributed by atoms with E-state index in [0.717, 1.165) is 11.6 Å². The molecule has 8 nitrogen and oxygen atoms in total. The molecule has 11 heteroatoms. The molecule has 0 bridgehead atoms. The predicted octanol–water partition coefficient (Wildman–Crippen LogP) is 3.24. The summed E-state index contributed by atoms with van der Waals surface area (Å²) in [4.78, 5) is 27.9. The monoisotopic (exact) mass is 448 g/mol. The number of carbonyl (C=O) groups excluding carboxylic acids is 2. The summed E-state index contributed by atoms with van der Waals surface area (Å²) in [5.41, 5.74) is 0.231. The highest BCUT2D eigenvalue weighted by atomic mass is 19.2. The number of aromatic nitrogens is 2. The van der Waals surface area contributed by atoms with Crippen LogP contribution in [0.25, 0.3) is 11.4 Å². The standard InChI is InChI=1S/C21H19F3N4O4/c1-31-13-7-5-12(6-8-13)21-27-18(32-28-21)4-2-3-16(29)25-11-17(30)26-15-10-9-14(22)19(23)20(15)24/h5-10H,2-4,11H2,1H3,(H,25,29)(H,26,30). The number of nitrogens with zero attached hydrogens (tertiary/aromatic N) is 2. The summed E-state index contributed by atoms with van der Waals surface area (Å²) in [6.45, 7) is -0.459. The average Bonchev–Trinajstić information content (AvgIpc) is 3.27. The van der Waals surface area contributed by atoms with E-state index in [-0.39, 0.29) is 6.42 Å². The van der Waals surface area contributed by atoms with E-state index >= 15 is 0 Å². The van der Waals surface area contributed by atoms with Crippen LogP contribution in [-0.4, -0.2) is 35.6 Å². The van der Waals surface area contributed by atoms with Crippen molar-refractivity contribution in [2.45, 2.75) is 19.3 Å². The van der Waals surface area contributed by atoms with Crippen molar-refractivity contribution in [2.75, 3.05) is 19.0 Å². The van der Waals surface area contributed by atoms with Crippen LogP contribution in [0.5, 0.6) is 5.75 Å². The molecule has 0 unspecified atom stereocenters. The van der Waals surface area contributed by atoms with Crippen molar-refractivity contribution in [1.82, 2.24) is 15.5 Å². The summed E-state index contributed by atoms with van der Waals surface area (Å²) in [5.74, 6) is -4.33. The molecule has 0 aliphatic heterocycles. The number of halogens is 3. The molecule has 2 amide bonds. The van der Waals surface area contributed by atoms with Crippen LogP contribution in [0.4, 0.5) is 18.9 Å². The number of aryl methyl sites for hydroxylation is 1. The summed E-state index contributed by atoms with van der Waals surface area (Å²) in [6.07, 6.45) is 0.811. The smallest absolute Gasteiger partial charge is 0.243 e. The summed E-state index contributed by atoms with van der Waals surface area (Å²) >= 11 is 0. The van der Waals surface area contributed by atoms with Gasteiger partial charge in [0.2, 0.25) is 23.5 Å². The molecule has 0 spiro atoms. The second-order valence-electron chi connectivity index (χ2n) is 6.64. The largest absolute Gasteiger partial charge is 0.497 e. The van der Waals surface area contributed by atoms with E-state index in [1.54, 1.807) is 31.4 Å². The van der Waals surface area contributed by atoms with E-state index in [1.807, 2.05) is 0 Å². The number of hydrogen-bond acceptors (Lipinski definition) is 6. The minimum absolute atomic E-state index is 0.0765. The van der Waals surface area contributed by atoms with E-state index < -0.39 is 41.5 Å². The van der Waals surface area contributed by atoms with E-state index in [4.69, 9.17) is 9.26 Å². The Morgan fingerprint density at radius 3 is 2.50 bits per heavy atom. The first-order valence-electron chi connectivity index (χ1n) is 9.54. The molecule has 2 aromatic carbocycles. The minimum atomic E-state index is -1.69. The van der Waals surface area contributed by atoms with Gasteiger partial charge in [0.05, 0.1) is 19.3 Å². The SMILES string of the molecule is COc1ccc(-c2noc(CCCC(=O)NCC(=O)Nc3ccc(F)c(F)c3F)n2)cc1. The van der Waals surface area contributed by atoms with Crippen LogP contribution < -0.4 is 15.4 Å². The Labute approximate surface area is 180 Å². The lowest BCUT2D eigenvalue weighted by atomic mass is 10.2. The fourth-order valence-corrected chi connectivity index (χ4v) is 2.70. The van der Waals surface area contributed by atoms with Crippen LogP contribution in [0.2, 0.25) is 0 Å². The molecule has 168 valence electrons. The van der Waals surface area contributed by atoms with Crippen molar-refractivity contribution < 1.29 is 32.0 Å². The number of nitrogens with one attached hydrogen (secondary N) is 2. The van der Waals surface area contributed by atoms with Crippen LogP contribution in [0.15, 0.2) is 40.9 Å². The fourth-order valence-electron chi connectivity index (χ4n) is 2.70. The molecule has 1 heterocycles. The maximum Gasteiger partial charge on any atom is 0.243 e. The number of hydrogen-bond donors (Lipinski definition) is 2. The van der Waals surface area contributed by atoms with Crippen molar-refractivity contribution in [3.63, 3.8) is 0 Å². The number of methoxy groups -OCH3 is 1. The van der Waals surface area contributed by atoms with Gasteiger partial charge in [-0.25, -0.2) is 13.2 Å². The highest BCUT2D eigenvalue weighted by molar-refractivity contribution is 5.94. The molecule has 1 aromatic heterocycles. The van der Waals surface area contributed by atoms with Gasteiger partial charge in [-0.05, 0) is 42.8 Å². The van der Waals surface area contributed by atoms with Crippen LogP contribution in [0.3, 0.4) is 0 Å². The third-order valence-corrected chi connectivity index (χ3v) is 4.37. The summed E-state index contributed by atoms with van der Waals surface area (Å²) in [7, 11) is 1.57. The Balaban J connectivity index is 1.40. The van der Waals surface area contributed by atoms with E-state index in [1.165, 1.54) is 0 Å². The van der Waals surface area contributed by atoms with Crippen LogP contribution >= 0.6 is 0 Å².